The second-order valence-electron chi connectivity index (χ2n) is 6.83. The van der Waals surface area contributed by atoms with Gasteiger partial charge in [0.25, 0.3) is 0 Å². The normalized spacial score (nSPS) is 21.5. The molecule has 0 saturated carbocycles. The highest BCUT2D eigenvalue weighted by Gasteiger charge is 2.24. The van der Waals surface area contributed by atoms with Crippen LogP contribution in [0.4, 0.5) is 0 Å². The standard InChI is InChI=1S/C17H32N2O3/c1-14(2)15-5-9-19(10-6-15)17(20)13-21-11-12-22-16-3-7-18-8-4-16/h14-16,18H,3-13H2,1-2H3. The van der Waals surface area contributed by atoms with Gasteiger partial charge < -0.3 is 19.7 Å². The molecule has 1 amide bonds. The number of piperidine rings is 2. The molecule has 22 heavy (non-hydrogen) atoms. The molecule has 0 spiro atoms. The molecule has 2 heterocycles. The SMILES string of the molecule is CC(C)C1CCN(C(=O)COCCOC2CCNCC2)CC1. The van der Waals surface area contributed by atoms with Gasteiger partial charge in [-0.05, 0) is 50.6 Å². The zero-order valence-electron chi connectivity index (χ0n) is 14.2. The highest BCUT2D eigenvalue weighted by molar-refractivity contribution is 5.77. The van der Waals surface area contributed by atoms with Gasteiger partial charge >= 0.3 is 0 Å². The number of carbonyl (C=O) groups excluding carboxylic acids is 1. The zero-order valence-corrected chi connectivity index (χ0v) is 14.2. The van der Waals surface area contributed by atoms with Crippen molar-refractivity contribution in [2.24, 2.45) is 11.8 Å². The number of amides is 1. The number of nitrogens with one attached hydrogen (secondary N) is 1. The van der Waals surface area contributed by atoms with Crippen molar-refractivity contribution in [1.29, 1.82) is 0 Å². The van der Waals surface area contributed by atoms with E-state index < -0.39 is 0 Å². The van der Waals surface area contributed by atoms with Crippen molar-refractivity contribution < 1.29 is 14.3 Å². The summed E-state index contributed by atoms with van der Waals surface area (Å²) in [5, 5.41) is 3.32. The Morgan fingerprint density at radius 1 is 1.14 bits per heavy atom. The molecule has 2 fully saturated rings. The summed E-state index contributed by atoms with van der Waals surface area (Å²) >= 11 is 0. The Balaban J connectivity index is 1.51. The van der Waals surface area contributed by atoms with E-state index in [1.54, 1.807) is 0 Å². The average Bonchev–Trinajstić information content (AvgIpc) is 2.55. The Morgan fingerprint density at radius 3 is 2.45 bits per heavy atom. The monoisotopic (exact) mass is 312 g/mol. The van der Waals surface area contributed by atoms with E-state index in [4.69, 9.17) is 9.47 Å². The number of hydrogen-bond donors (Lipinski definition) is 1. The minimum Gasteiger partial charge on any atom is -0.376 e. The summed E-state index contributed by atoms with van der Waals surface area (Å²) < 4.78 is 11.2. The average molecular weight is 312 g/mol. The maximum absolute atomic E-state index is 12.1. The molecule has 0 aromatic heterocycles. The second kappa shape index (κ2) is 9.48. The maximum Gasteiger partial charge on any atom is 0.248 e. The number of likely N-dealkylation sites (tertiary alicyclic amines) is 1. The molecule has 0 atom stereocenters. The van der Waals surface area contributed by atoms with Gasteiger partial charge in [0.15, 0.2) is 0 Å². The predicted octanol–water partition coefficient (Wildman–Crippen LogP) is 1.67. The highest BCUT2D eigenvalue weighted by Crippen LogP contribution is 2.24. The van der Waals surface area contributed by atoms with Crippen LogP contribution in [0.2, 0.25) is 0 Å². The molecule has 128 valence electrons. The van der Waals surface area contributed by atoms with Gasteiger partial charge in [-0.3, -0.25) is 4.79 Å². The van der Waals surface area contributed by atoms with Crippen molar-refractivity contribution in [3.05, 3.63) is 0 Å². The first-order valence-electron chi connectivity index (χ1n) is 8.84. The molecule has 0 aliphatic carbocycles. The van der Waals surface area contributed by atoms with E-state index in [9.17, 15) is 4.79 Å². The number of nitrogens with zero attached hydrogens (tertiary/aromatic N) is 1. The molecule has 5 heteroatoms. The summed E-state index contributed by atoms with van der Waals surface area (Å²) in [6, 6.07) is 0. The third-order valence-electron chi connectivity index (χ3n) is 4.93. The van der Waals surface area contributed by atoms with Crippen molar-refractivity contribution in [2.75, 3.05) is 46.0 Å². The van der Waals surface area contributed by atoms with Crippen LogP contribution in [0.5, 0.6) is 0 Å². The lowest BCUT2D eigenvalue weighted by atomic mass is 9.87. The minimum atomic E-state index is 0.129. The summed E-state index contributed by atoms with van der Waals surface area (Å²) in [6.45, 7) is 9.69. The summed E-state index contributed by atoms with van der Waals surface area (Å²) in [6.07, 6.45) is 4.76. The van der Waals surface area contributed by atoms with Gasteiger partial charge in [0.1, 0.15) is 6.61 Å². The molecular weight excluding hydrogens is 280 g/mol. The fraction of sp³-hybridized carbons (Fsp3) is 0.941. The van der Waals surface area contributed by atoms with Crippen LogP contribution >= 0.6 is 0 Å². The van der Waals surface area contributed by atoms with Crippen molar-refractivity contribution in [2.45, 2.75) is 45.6 Å². The quantitative estimate of drug-likeness (QED) is 0.727. The van der Waals surface area contributed by atoms with Gasteiger partial charge in [-0.1, -0.05) is 13.8 Å². The van der Waals surface area contributed by atoms with Crippen molar-refractivity contribution in [1.82, 2.24) is 10.2 Å². The topological polar surface area (TPSA) is 50.8 Å². The van der Waals surface area contributed by atoms with E-state index >= 15 is 0 Å². The zero-order chi connectivity index (χ0) is 15.8. The van der Waals surface area contributed by atoms with Crippen LogP contribution < -0.4 is 5.32 Å². The Hall–Kier alpha value is -0.650. The number of ether oxygens (including phenoxy) is 2. The lowest BCUT2D eigenvalue weighted by molar-refractivity contribution is -0.138. The number of rotatable bonds is 7. The predicted molar refractivity (Wildman–Crippen MR) is 86.8 cm³/mol. The molecule has 0 aromatic carbocycles. The van der Waals surface area contributed by atoms with Gasteiger partial charge in [0.05, 0.1) is 19.3 Å². The van der Waals surface area contributed by atoms with E-state index in [0.29, 0.717) is 19.3 Å². The van der Waals surface area contributed by atoms with E-state index in [1.807, 2.05) is 4.90 Å². The molecular formula is C17H32N2O3. The first-order valence-corrected chi connectivity index (χ1v) is 8.84. The minimum absolute atomic E-state index is 0.129. The molecule has 2 rings (SSSR count). The van der Waals surface area contributed by atoms with Crippen LogP contribution in [0.3, 0.4) is 0 Å². The molecule has 2 aliphatic heterocycles. The first kappa shape index (κ1) is 17.7. The van der Waals surface area contributed by atoms with Crippen LogP contribution in [-0.2, 0) is 14.3 Å². The largest absolute Gasteiger partial charge is 0.376 e. The molecule has 0 radical (unpaired) electrons. The van der Waals surface area contributed by atoms with Gasteiger partial charge in [-0.2, -0.15) is 0 Å². The van der Waals surface area contributed by atoms with Gasteiger partial charge in [0, 0.05) is 13.1 Å². The first-order chi connectivity index (χ1) is 10.7. The number of hydrogen-bond acceptors (Lipinski definition) is 4. The van der Waals surface area contributed by atoms with Crippen LogP contribution in [-0.4, -0.2) is 62.9 Å². The van der Waals surface area contributed by atoms with E-state index in [2.05, 4.69) is 19.2 Å². The molecule has 0 aromatic rings. The third-order valence-corrected chi connectivity index (χ3v) is 4.93. The van der Waals surface area contributed by atoms with Gasteiger partial charge in [-0.25, -0.2) is 0 Å². The Kier molecular flexibility index (Phi) is 7.63. The summed E-state index contributed by atoms with van der Waals surface area (Å²) in [4.78, 5) is 14.0. The smallest absolute Gasteiger partial charge is 0.248 e. The van der Waals surface area contributed by atoms with E-state index in [0.717, 1.165) is 63.7 Å². The Bertz CT molecular complexity index is 322. The molecule has 2 aliphatic rings. The van der Waals surface area contributed by atoms with E-state index in [1.165, 1.54) is 0 Å². The second-order valence-corrected chi connectivity index (χ2v) is 6.83. The van der Waals surface area contributed by atoms with Crippen molar-refractivity contribution in [3.63, 3.8) is 0 Å². The van der Waals surface area contributed by atoms with E-state index in [-0.39, 0.29) is 12.5 Å². The van der Waals surface area contributed by atoms with Crippen molar-refractivity contribution in [3.8, 4) is 0 Å². The van der Waals surface area contributed by atoms with Gasteiger partial charge in [0.2, 0.25) is 5.91 Å². The van der Waals surface area contributed by atoms with Crippen LogP contribution in [0.15, 0.2) is 0 Å². The third kappa shape index (κ3) is 5.86. The fourth-order valence-corrected chi connectivity index (χ4v) is 3.30. The molecule has 1 N–H and O–H groups in total. The van der Waals surface area contributed by atoms with Crippen LogP contribution in [0, 0.1) is 11.8 Å². The highest BCUT2D eigenvalue weighted by atomic mass is 16.5. The molecule has 0 unspecified atom stereocenters. The Labute approximate surface area is 134 Å². The molecule has 0 bridgehead atoms. The summed E-state index contributed by atoms with van der Waals surface area (Å²) in [5.74, 6) is 1.62. The summed E-state index contributed by atoms with van der Waals surface area (Å²) in [5.41, 5.74) is 0. The van der Waals surface area contributed by atoms with Crippen LogP contribution in [0.25, 0.3) is 0 Å². The molecule has 5 nitrogen and oxygen atoms in total. The summed E-state index contributed by atoms with van der Waals surface area (Å²) in [7, 11) is 0. The van der Waals surface area contributed by atoms with Crippen molar-refractivity contribution >= 4 is 5.91 Å². The lowest BCUT2D eigenvalue weighted by Crippen LogP contribution is -2.41. The lowest BCUT2D eigenvalue weighted by Gasteiger charge is -2.33. The maximum atomic E-state index is 12.1. The van der Waals surface area contributed by atoms with Gasteiger partial charge in [-0.15, -0.1) is 0 Å². The van der Waals surface area contributed by atoms with Crippen LogP contribution in [0.1, 0.15) is 39.5 Å². The molecule has 2 saturated heterocycles. The Morgan fingerprint density at radius 2 is 1.82 bits per heavy atom. The fourth-order valence-electron chi connectivity index (χ4n) is 3.30. The number of carbonyl (C=O) groups is 1.